The van der Waals surface area contributed by atoms with E-state index in [1.165, 1.54) is 20.2 Å². The first kappa shape index (κ1) is 28.6. The maximum atomic E-state index is 6.73. The van der Waals surface area contributed by atoms with Crippen molar-refractivity contribution in [1.82, 2.24) is 15.0 Å². The number of thiophene rings is 1. The maximum absolute atomic E-state index is 6.73. The van der Waals surface area contributed by atoms with Gasteiger partial charge in [0.25, 0.3) is 0 Å². The molecule has 0 spiro atoms. The van der Waals surface area contributed by atoms with E-state index < -0.39 is 0 Å². The minimum atomic E-state index is 0.642. The van der Waals surface area contributed by atoms with Crippen LogP contribution in [0.2, 0.25) is 0 Å². The average molecular weight is 658 g/mol. The maximum Gasteiger partial charge on any atom is 0.161 e. The molecular formula is C45H27N3OS. The normalized spacial score (nSPS) is 11.6. The molecule has 0 saturated heterocycles. The van der Waals surface area contributed by atoms with Crippen LogP contribution in [0, 0.1) is 0 Å². The first-order valence-corrected chi connectivity index (χ1v) is 17.4. The highest BCUT2D eigenvalue weighted by Gasteiger charge is 2.21. The summed E-state index contributed by atoms with van der Waals surface area (Å²) in [6, 6.07) is 54.6. The molecule has 0 N–H and O–H groups in total. The van der Waals surface area contributed by atoms with Gasteiger partial charge in [-0.1, -0.05) is 115 Å². The van der Waals surface area contributed by atoms with Crippen molar-refractivity contribution in [1.29, 1.82) is 0 Å². The van der Waals surface area contributed by atoms with Gasteiger partial charge in [-0.25, -0.2) is 9.97 Å². The Hall–Kier alpha value is -6.43. The molecule has 4 nitrogen and oxygen atoms in total. The number of pyridine rings is 1. The van der Waals surface area contributed by atoms with E-state index >= 15 is 0 Å². The summed E-state index contributed by atoms with van der Waals surface area (Å²) in [5.41, 5.74) is 10.3. The van der Waals surface area contributed by atoms with Crippen LogP contribution in [0.4, 0.5) is 0 Å². The largest absolute Gasteiger partial charge is 0.455 e. The van der Waals surface area contributed by atoms with Gasteiger partial charge in [0.1, 0.15) is 11.2 Å². The molecule has 10 rings (SSSR count). The molecule has 0 aliphatic carbocycles. The van der Waals surface area contributed by atoms with Gasteiger partial charge in [0.15, 0.2) is 5.82 Å². The van der Waals surface area contributed by atoms with Gasteiger partial charge in [0.2, 0.25) is 0 Å². The molecule has 0 aliphatic rings. The molecule has 6 aromatic carbocycles. The monoisotopic (exact) mass is 657 g/mol. The summed E-state index contributed by atoms with van der Waals surface area (Å²) >= 11 is 1.83. The predicted octanol–water partition coefficient (Wildman–Crippen LogP) is 12.5. The molecule has 0 radical (unpaired) electrons. The summed E-state index contributed by atoms with van der Waals surface area (Å²) in [4.78, 5) is 15.1. The molecule has 0 bridgehead atoms. The summed E-state index contributed by atoms with van der Waals surface area (Å²) in [6.07, 6.45) is 1.82. The number of para-hydroxylation sites is 1. The number of furan rings is 1. The van der Waals surface area contributed by atoms with E-state index in [-0.39, 0.29) is 0 Å². The van der Waals surface area contributed by atoms with Gasteiger partial charge < -0.3 is 4.42 Å². The Balaban J connectivity index is 1.22. The molecule has 0 fully saturated rings. The van der Waals surface area contributed by atoms with Crippen molar-refractivity contribution in [2.75, 3.05) is 0 Å². The highest BCUT2D eigenvalue weighted by atomic mass is 32.1. The van der Waals surface area contributed by atoms with Crippen molar-refractivity contribution in [2.24, 2.45) is 0 Å². The number of hydrogen-bond acceptors (Lipinski definition) is 5. The predicted molar refractivity (Wildman–Crippen MR) is 207 cm³/mol. The standard InChI is InChI=1S/C45H27N3OS/c1-2-12-28(13-3-1)38-27-39(48-45(47-38)34-16-5-4-14-31(34)37-18-10-11-25-46-37)35-24-23-30(44-43(35)36-17-6-8-19-40(36)49-44)29-21-22-33-32-15-7-9-20-41(32)50-42(33)26-29/h1-27H. The molecular weight excluding hydrogens is 631 g/mol. The van der Waals surface area contributed by atoms with Crippen molar-refractivity contribution < 1.29 is 4.42 Å². The number of benzene rings is 6. The minimum Gasteiger partial charge on any atom is -0.455 e. The lowest BCUT2D eigenvalue weighted by Crippen LogP contribution is -1.98. The fourth-order valence-corrected chi connectivity index (χ4v) is 8.19. The van der Waals surface area contributed by atoms with Crippen LogP contribution in [0.3, 0.4) is 0 Å². The van der Waals surface area contributed by atoms with Crippen LogP contribution in [0.15, 0.2) is 168 Å². The smallest absolute Gasteiger partial charge is 0.161 e. The number of hydrogen-bond donors (Lipinski definition) is 0. The molecule has 4 aromatic heterocycles. The Morgan fingerprint density at radius 3 is 2.04 bits per heavy atom. The number of aromatic nitrogens is 3. The Kier molecular flexibility index (Phi) is 6.64. The summed E-state index contributed by atoms with van der Waals surface area (Å²) in [5, 5.41) is 4.66. The highest BCUT2D eigenvalue weighted by Crippen LogP contribution is 2.44. The van der Waals surface area contributed by atoms with Crippen molar-refractivity contribution in [3.8, 4) is 56.3 Å². The Morgan fingerprint density at radius 1 is 0.440 bits per heavy atom. The lowest BCUT2D eigenvalue weighted by atomic mass is 9.95. The fourth-order valence-electron chi connectivity index (χ4n) is 7.05. The summed E-state index contributed by atoms with van der Waals surface area (Å²) in [5.74, 6) is 0.642. The third kappa shape index (κ3) is 4.71. The highest BCUT2D eigenvalue weighted by molar-refractivity contribution is 7.25. The lowest BCUT2D eigenvalue weighted by molar-refractivity contribution is 0.670. The SMILES string of the molecule is c1ccc(-c2cc(-c3ccc(-c4ccc5c(c4)sc4ccccc45)c4oc5ccccc5c34)nc(-c3ccccc3-c3ccccn3)n2)cc1. The molecule has 5 heteroatoms. The van der Waals surface area contributed by atoms with E-state index in [4.69, 9.17) is 14.4 Å². The van der Waals surface area contributed by atoms with Crippen LogP contribution in [0.1, 0.15) is 0 Å². The first-order valence-electron chi connectivity index (χ1n) is 16.6. The van der Waals surface area contributed by atoms with Gasteiger partial charge in [0, 0.05) is 65.0 Å². The van der Waals surface area contributed by atoms with Crippen LogP contribution >= 0.6 is 11.3 Å². The molecule has 10 aromatic rings. The quantitative estimate of drug-likeness (QED) is 0.185. The Bertz CT molecular complexity index is 2870. The van der Waals surface area contributed by atoms with Crippen LogP contribution in [-0.4, -0.2) is 15.0 Å². The zero-order valence-corrected chi connectivity index (χ0v) is 27.6. The number of rotatable bonds is 5. The van der Waals surface area contributed by atoms with Gasteiger partial charge in [-0.2, -0.15) is 0 Å². The van der Waals surface area contributed by atoms with Crippen molar-refractivity contribution in [2.45, 2.75) is 0 Å². The van der Waals surface area contributed by atoms with E-state index in [0.29, 0.717) is 5.82 Å². The Morgan fingerprint density at radius 2 is 1.16 bits per heavy atom. The van der Waals surface area contributed by atoms with E-state index in [1.807, 2.05) is 78.2 Å². The van der Waals surface area contributed by atoms with Gasteiger partial charge in [-0.3, -0.25) is 4.98 Å². The van der Waals surface area contributed by atoms with E-state index in [9.17, 15) is 0 Å². The topological polar surface area (TPSA) is 51.8 Å². The van der Waals surface area contributed by atoms with Crippen molar-refractivity contribution in [3.63, 3.8) is 0 Å². The van der Waals surface area contributed by atoms with E-state index in [1.54, 1.807) is 0 Å². The van der Waals surface area contributed by atoms with Crippen LogP contribution in [0.25, 0.3) is 98.4 Å². The van der Waals surface area contributed by atoms with Crippen LogP contribution < -0.4 is 0 Å². The van der Waals surface area contributed by atoms with Crippen LogP contribution in [-0.2, 0) is 0 Å². The third-order valence-electron chi connectivity index (χ3n) is 9.40. The lowest BCUT2D eigenvalue weighted by Gasteiger charge is -2.13. The van der Waals surface area contributed by atoms with Crippen molar-refractivity contribution >= 4 is 53.4 Å². The van der Waals surface area contributed by atoms with Crippen molar-refractivity contribution in [3.05, 3.63) is 164 Å². The Labute approximate surface area is 292 Å². The molecule has 0 aliphatic heterocycles. The zero-order valence-electron chi connectivity index (χ0n) is 26.7. The summed E-state index contributed by atoms with van der Waals surface area (Å²) in [7, 11) is 0. The molecule has 0 unspecified atom stereocenters. The second kappa shape index (κ2) is 11.6. The van der Waals surface area contributed by atoms with Gasteiger partial charge in [-0.15, -0.1) is 11.3 Å². The first-order chi connectivity index (χ1) is 24.8. The van der Waals surface area contributed by atoms with E-state index in [0.717, 1.165) is 72.4 Å². The number of nitrogens with zero attached hydrogens (tertiary/aromatic N) is 3. The second-order valence-electron chi connectivity index (χ2n) is 12.4. The minimum absolute atomic E-state index is 0.642. The molecule has 0 atom stereocenters. The van der Waals surface area contributed by atoms with E-state index in [2.05, 4.69) is 102 Å². The molecule has 0 saturated carbocycles. The van der Waals surface area contributed by atoms with Gasteiger partial charge in [-0.05, 0) is 48.0 Å². The average Bonchev–Trinajstić information content (AvgIpc) is 3.77. The molecule has 4 heterocycles. The molecule has 50 heavy (non-hydrogen) atoms. The van der Waals surface area contributed by atoms with Gasteiger partial charge >= 0.3 is 0 Å². The molecule has 234 valence electrons. The zero-order chi connectivity index (χ0) is 33.0. The molecule has 0 amide bonds. The summed E-state index contributed by atoms with van der Waals surface area (Å²) < 4.78 is 9.28. The fraction of sp³-hybridized carbons (Fsp3) is 0. The van der Waals surface area contributed by atoms with Gasteiger partial charge in [0.05, 0.1) is 17.1 Å². The second-order valence-corrected chi connectivity index (χ2v) is 13.4. The number of fused-ring (bicyclic) bond motifs is 6. The summed E-state index contributed by atoms with van der Waals surface area (Å²) in [6.45, 7) is 0. The van der Waals surface area contributed by atoms with Crippen LogP contribution in [0.5, 0.6) is 0 Å². The third-order valence-corrected chi connectivity index (χ3v) is 10.5.